The van der Waals surface area contributed by atoms with Gasteiger partial charge in [0.25, 0.3) is 0 Å². The zero-order chi connectivity index (χ0) is 19.5. The van der Waals surface area contributed by atoms with Gasteiger partial charge < -0.3 is 4.74 Å². The normalized spacial score (nSPS) is 13.3. The van der Waals surface area contributed by atoms with Gasteiger partial charge in [-0.2, -0.15) is 5.10 Å². The molecule has 0 aliphatic rings. The lowest BCUT2D eigenvalue weighted by Crippen LogP contribution is -2.28. The fourth-order valence-corrected chi connectivity index (χ4v) is 3.60. The summed E-state index contributed by atoms with van der Waals surface area (Å²) in [6.45, 7) is 4.21. The third-order valence-electron chi connectivity index (χ3n) is 4.09. The Hall–Kier alpha value is -2.14. The Kier molecular flexibility index (Phi) is 9.05. The Morgan fingerprint density at radius 1 is 1.00 bits per heavy atom. The first-order valence-electron chi connectivity index (χ1n) is 9.44. The molecule has 0 unspecified atom stereocenters. The number of carbonyl (C=O) groups is 1. The molecule has 0 bridgehead atoms. The van der Waals surface area contributed by atoms with Crippen LogP contribution in [0.5, 0.6) is 0 Å². The maximum Gasteiger partial charge on any atom is 0.351 e. The summed E-state index contributed by atoms with van der Waals surface area (Å²) in [4.78, 5) is 12.6. The number of ether oxygens (including phenoxy) is 1. The molecule has 0 saturated heterocycles. The molecule has 2 atom stereocenters. The highest BCUT2D eigenvalue weighted by Crippen LogP contribution is 2.25. The summed E-state index contributed by atoms with van der Waals surface area (Å²) in [7, 11) is 0. The zero-order valence-corrected chi connectivity index (χ0v) is 17.5. The molecule has 0 spiro atoms. The van der Waals surface area contributed by atoms with Crippen molar-refractivity contribution < 1.29 is 9.53 Å². The summed E-state index contributed by atoms with van der Waals surface area (Å²) in [6, 6.07) is 19.5. The van der Waals surface area contributed by atoms with Crippen LogP contribution in [0.15, 0.2) is 65.8 Å². The molecular weight excluding hydrogens is 404 g/mol. The molecule has 0 aromatic heterocycles. The first-order chi connectivity index (χ1) is 13.2. The Balaban J connectivity index is 2.14. The van der Waals surface area contributed by atoms with E-state index in [0.717, 1.165) is 37.1 Å². The summed E-state index contributed by atoms with van der Waals surface area (Å²) >= 11 is 3.66. The summed E-state index contributed by atoms with van der Waals surface area (Å²) in [5.74, 6) is -0.425. The van der Waals surface area contributed by atoms with Gasteiger partial charge >= 0.3 is 5.97 Å². The minimum absolute atomic E-state index is 0.143. The predicted octanol–water partition coefficient (Wildman–Crippen LogP) is 6.09. The third kappa shape index (κ3) is 6.83. The van der Waals surface area contributed by atoms with Crippen molar-refractivity contribution >= 4 is 39.5 Å². The number of anilines is 2. The zero-order valence-electron chi connectivity index (χ0n) is 15.9. The summed E-state index contributed by atoms with van der Waals surface area (Å²) in [6.07, 6.45) is 4.91. The molecular formula is C22H27BrN2O2. The molecule has 2 aromatic rings. The van der Waals surface area contributed by atoms with Crippen molar-refractivity contribution in [2.45, 2.75) is 50.5 Å². The lowest BCUT2D eigenvalue weighted by molar-refractivity contribution is -0.140. The van der Waals surface area contributed by atoms with Crippen LogP contribution in [-0.4, -0.2) is 23.1 Å². The lowest BCUT2D eigenvalue weighted by Gasteiger charge is -2.22. The molecule has 0 aliphatic heterocycles. The van der Waals surface area contributed by atoms with E-state index in [9.17, 15) is 4.79 Å². The number of hydrazone groups is 1. The highest BCUT2D eigenvalue weighted by molar-refractivity contribution is 9.09. The van der Waals surface area contributed by atoms with E-state index in [4.69, 9.17) is 4.74 Å². The highest BCUT2D eigenvalue weighted by atomic mass is 79.9. The van der Waals surface area contributed by atoms with E-state index in [2.05, 4.69) is 34.9 Å². The molecule has 5 heteroatoms. The number of hydrogen-bond donors (Lipinski definition) is 0. The van der Waals surface area contributed by atoms with E-state index in [-0.39, 0.29) is 10.9 Å². The smallest absolute Gasteiger partial charge is 0.351 e. The number of rotatable bonds is 10. The maximum atomic E-state index is 12.4. The number of alkyl halides is 1. The standard InChI is InChI=1S/C22H27BrN2O2/c1-3-11-20(23)21(12-4-2)27-22(26)17-24-25(18-13-7-5-8-14-18)19-15-9-6-10-16-19/h5-10,13-17,20-21H,3-4,11-12H2,1-2H3/b24-17+/t20-,21-/m0/s1. The molecule has 0 N–H and O–H groups in total. The molecule has 144 valence electrons. The predicted molar refractivity (Wildman–Crippen MR) is 116 cm³/mol. The van der Waals surface area contributed by atoms with Crippen LogP contribution in [0.4, 0.5) is 11.4 Å². The summed E-state index contributed by atoms with van der Waals surface area (Å²) in [5, 5.41) is 6.13. The van der Waals surface area contributed by atoms with Gasteiger partial charge in [0.05, 0.1) is 16.2 Å². The average Bonchev–Trinajstić information content (AvgIpc) is 2.69. The number of hydrogen-bond acceptors (Lipinski definition) is 4. The molecule has 2 aromatic carbocycles. The van der Waals surface area contributed by atoms with Gasteiger partial charge in [-0.1, -0.05) is 79.0 Å². The van der Waals surface area contributed by atoms with E-state index >= 15 is 0 Å². The van der Waals surface area contributed by atoms with Crippen LogP contribution in [-0.2, 0) is 9.53 Å². The Morgan fingerprint density at radius 2 is 1.52 bits per heavy atom. The van der Waals surface area contributed by atoms with Gasteiger partial charge in [-0.05, 0) is 37.1 Å². The minimum atomic E-state index is -0.425. The van der Waals surface area contributed by atoms with Gasteiger partial charge in [0.2, 0.25) is 0 Å². The quantitative estimate of drug-likeness (QED) is 0.198. The van der Waals surface area contributed by atoms with E-state index < -0.39 is 5.97 Å². The number of para-hydroxylation sites is 2. The molecule has 4 nitrogen and oxygen atoms in total. The number of nitrogens with zero attached hydrogens (tertiary/aromatic N) is 2. The molecule has 0 radical (unpaired) electrons. The number of halogens is 1. The number of carbonyl (C=O) groups excluding carboxylic acids is 1. The van der Waals surface area contributed by atoms with Gasteiger partial charge in [0.1, 0.15) is 12.3 Å². The van der Waals surface area contributed by atoms with Gasteiger partial charge in [-0.25, -0.2) is 9.80 Å². The fraction of sp³-hybridized carbons (Fsp3) is 0.364. The van der Waals surface area contributed by atoms with E-state index in [1.807, 2.05) is 60.7 Å². The van der Waals surface area contributed by atoms with Gasteiger partial charge in [-0.3, -0.25) is 0 Å². The van der Waals surface area contributed by atoms with Crippen molar-refractivity contribution in [1.82, 2.24) is 0 Å². The van der Waals surface area contributed by atoms with Crippen LogP contribution in [0.25, 0.3) is 0 Å². The highest BCUT2D eigenvalue weighted by Gasteiger charge is 2.21. The Morgan fingerprint density at radius 3 is 2.00 bits per heavy atom. The van der Waals surface area contributed by atoms with Crippen molar-refractivity contribution in [2.75, 3.05) is 5.01 Å². The molecule has 0 heterocycles. The Bertz CT molecular complexity index is 667. The monoisotopic (exact) mass is 430 g/mol. The van der Waals surface area contributed by atoms with Crippen molar-refractivity contribution in [3.63, 3.8) is 0 Å². The minimum Gasteiger partial charge on any atom is -0.457 e. The van der Waals surface area contributed by atoms with Crippen LogP contribution in [0.3, 0.4) is 0 Å². The summed E-state index contributed by atoms with van der Waals surface area (Å²) < 4.78 is 5.67. The molecule has 2 rings (SSSR count). The first kappa shape index (κ1) is 21.2. The van der Waals surface area contributed by atoms with Crippen LogP contribution < -0.4 is 5.01 Å². The fourth-order valence-electron chi connectivity index (χ4n) is 2.77. The number of esters is 1. The van der Waals surface area contributed by atoms with Gasteiger partial charge in [0, 0.05) is 0 Å². The van der Waals surface area contributed by atoms with E-state index in [1.54, 1.807) is 5.01 Å². The molecule has 0 saturated carbocycles. The largest absolute Gasteiger partial charge is 0.457 e. The van der Waals surface area contributed by atoms with Gasteiger partial charge in [0.15, 0.2) is 0 Å². The molecule has 0 aliphatic carbocycles. The van der Waals surface area contributed by atoms with Crippen molar-refractivity contribution in [3.8, 4) is 0 Å². The lowest BCUT2D eigenvalue weighted by atomic mass is 10.1. The second-order valence-electron chi connectivity index (χ2n) is 6.30. The van der Waals surface area contributed by atoms with E-state index in [1.165, 1.54) is 6.21 Å². The van der Waals surface area contributed by atoms with Crippen molar-refractivity contribution in [3.05, 3.63) is 60.7 Å². The van der Waals surface area contributed by atoms with Crippen LogP contribution >= 0.6 is 15.9 Å². The van der Waals surface area contributed by atoms with Crippen LogP contribution in [0.1, 0.15) is 39.5 Å². The maximum absolute atomic E-state index is 12.4. The Labute approximate surface area is 170 Å². The van der Waals surface area contributed by atoms with Crippen LogP contribution in [0.2, 0.25) is 0 Å². The summed E-state index contributed by atoms with van der Waals surface area (Å²) in [5.41, 5.74) is 1.75. The second kappa shape index (κ2) is 11.5. The number of benzene rings is 2. The van der Waals surface area contributed by atoms with E-state index in [0.29, 0.717) is 0 Å². The van der Waals surface area contributed by atoms with Gasteiger partial charge in [-0.15, -0.1) is 0 Å². The first-order valence-corrected chi connectivity index (χ1v) is 10.4. The molecule has 0 fully saturated rings. The SMILES string of the molecule is CCC[C@H](OC(=O)/C=N/N(c1ccccc1)c1ccccc1)[C@@H](Br)CCC. The third-order valence-corrected chi connectivity index (χ3v) is 5.14. The topological polar surface area (TPSA) is 41.9 Å². The molecule has 0 amide bonds. The van der Waals surface area contributed by atoms with Crippen molar-refractivity contribution in [1.29, 1.82) is 0 Å². The molecule has 27 heavy (non-hydrogen) atoms. The average molecular weight is 431 g/mol. The van der Waals surface area contributed by atoms with Crippen molar-refractivity contribution in [2.24, 2.45) is 5.10 Å². The van der Waals surface area contributed by atoms with Crippen LogP contribution in [0, 0.1) is 0 Å². The second-order valence-corrected chi connectivity index (χ2v) is 7.47.